The highest BCUT2D eigenvalue weighted by atomic mass is 16.5. The van der Waals surface area contributed by atoms with Crippen LogP contribution in [0.1, 0.15) is 13.3 Å². The predicted molar refractivity (Wildman–Crippen MR) is 50.7 cm³/mol. The lowest BCUT2D eigenvalue weighted by Gasteiger charge is -2.12. The summed E-state index contributed by atoms with van der Waals surface area (Å²) in [7, 11) is 2.44. The van der Waals surface area contributed by atoms with Crippen molar-refractivity contribution < 1.29 is 19.1 Å². The quantitative estimate of drug-likeness (QED) is 0.296. The number of azide groups is 1. The molecule has 0 radical (unpaired) electrons. The van der Waals surface area contributed by atoms with Crippen LogP contribution in [0, 0.1) is 5.92 Å². The Morgan fingerprint density at radius 3 is 2.27 bits per heavy atom. The van der Waals surface area contributed by atoms with E-state index >= 15 is 0 Å². The standard InChI is InChI=1S/C8H13N3O4/c1-5(7(12)14-2)4-6(10-11-9)8(13)15-3/h5-6H,4H2,1-3H3. The Morgan fingerprint density at radius 2 is 1.87 bits per heavy atom. The lowest BCUT2D eigenvalue weighted by Crippen LogP contribution is -2.25. The second kappa shape index (κ2) is 6.67. The third-order valence-corrected chi connectivity index (χ3v) is 1.84. The van der Waals surface area contributed by atoms with Gasteiger partial charge < -0.3 is 9.47 Å². The Labute approximate surface area is 87.0 Å². The number of methoxy groups -OCH3 is 2. The Hall–Kier alpha value is -1.75. The van der Waals surface area contributed by atoms with E-state index in [2.05, 4.69) is 19.5 Å². The average molecular weight is 215 g/mol. The molecule has 0 rings (SSSR count). The average Bonchev–Trinajstić information content (AvgIpc) is 2.26. The normalized spacial score (nSPS) is 13.3. The van der Waals surface area contributed by atoms with Gasteiger partial charge in [-0.3, -0.25) is 9.59 Å². The summed E-state index contributed by atoms with van der Waals surface area (Å²) in [6.07, 6.45) is 0.0728. The number of hydrogen-bond acceptors (Lipinski definition) is 5. The molecule has 0 bridgehead atoms. The van der Waals surface area contributed by atoms with Gasteiger partial charge in [0.15, 0.2) is 0 Å². The topological polar surface area (TPSA) is 101 Å². The van der Waals surface area contributed by atoms with Crippen molar-refractivity contribution >= 4 is 11.9 Å². The van der Waals surface area contributed by atoms with E-state index in [0.717, 1.165) is 0 Å². The highest BCUT2D eigenvalue weighted by molar-refractivity contribution is 5.78. The predicted octanol–water partition coefficient (Wildman–Crippen LogP) is 1.04. The minimum Gasteiger partial charge on any atom is -0.469 e. The molecule has 0 aliphatic rings. The molecule has 0 aromatic carbocycles. The number of carbonyl (C=O) groups is 2. The van der Waals surface area contributed by atoms with Crippen LogP contribution >= 0.6 is 0 Å². The molecular formula is C8H13N3O4. The van der Waals surface area contributed by atoms with Crippen LogP contribution in [0.4, 0.5) is 0 Å². The first kappa shape index (κ1) is 13.2. The molecule has 84 valence electrons. The van der Waals surface area contributed by atoms with Crippen molar-refractivity contribution in [2.45, 2.75) is 19.4 Å². The van der Waals surface area contributed by atoms with E-state index in [1.54, 1.807) is 6.92 Å². The summed E-state index contributed by atoms with van der Waals surface area (Å²) in [4.78, 5) is 24.7. The zero-order valence-electron chi connectivity index (χ0n) is 8.84. The molecule has 2 unspecified atom stereocenters. The molecule has 0 aromatic heterocycles. The summed E-state index contributed by atoms with van der Waals surface area (Å²) in [5, 5.41) is 3.25. The molecule has 7 nitrogen and oxygen atoms in total. The van der Waals surface area contributed by atoms with Crippen LogP contribution in [0.15, 0.2) is 5.11 Å². The molecule has 0 heterocycles. The van der Waals surface area contributed by atoms with Gasteiger partial charge in [0.2, 0.25) is 0 Å². The van der Waals surface area contributed by atoms with Gasteiger partial charge in [0.25, 0.3) is 0 Å². The van der Waals surface area contributed by atoms with Crippen LogP contribution in [0.5, 0.6) is 0 Å². The molecular weight excluding hydrogens is 202 g/mol. The smallest absolute Gasteiger partial charge is 0.314 e. The molecule has 0 N–H and O–H groups in total. The molecule has 7 heteroatoms. The second-order valence-corrected chi connectivity index (χ2v) is 2.90. The van der Waals surface area contributed by atoms with E-state index in [4.69, 9.17) is 5.53 Å². The van der Waals surface area contributed by atoms with E-state index in [9.17, 15) is 9.59 Å². The SMILES string of the molecule is COC(=O)C(C)CC(N=[N+]=[N-])C(=O)OC. The van der Waals surface area contributed by atoms with Crippen molar-refractivity contribution in [2.24, 2.45) is 11.0 Å². The Morgan fingerprint density at radius 1 is 1.33 bits per heavy atom. The summed E-state index contributed by atoms with van der Waals surface area (Å²) >= 11 is 0. The summed E-state index contributed by atoms with van der Waals surface area (Å²) in [6.45, 7) is 1.58. The highest BCUT2D eigenvalue weighted by Crippen LogP contribution is 2.12. The van der Waals surface area contributed by atoms with Gasteiger partial charge in [-0.2, -0.15) is 0 Å². The number of esters is 2. The third kappa shape index (κ3) is 4.33. The lowest BCUT2D eigenvalue weighted by molar-refractivity contribution is -0.146. The number of rotatable bonds is 5. The fourth-order valence-electron chi connectivity index (χ4n) is 1.02. The summed E-state index contributed by atoms with van der Waals surface area (Å²) < 4.78 is 8.90. The molecule has 0 spiro atoms. The molecule has 0 aliphatic carbocycles. The molecule has 0 fully saturated rings. The van der Waals surface area contributed by atoms with E-state index in [1.165, 1.54) is 14.2 Å². The Kier molecular flexibility index (Phi) is 5.89. The number of nitrogens with zero attached hydrogens (tertiary/aromatic N) is 3. The fourth-order valence-corrected chi connectivity index (χ4v) is 1.02. The minimum atomic E-state index is -0.992. The molecule has 0 aromatic rings. The van der Waals surface area contributed by atoms with Crippen LogP contribution in [0.25, 0.3) is 10.4 Å². The molecule has 0 aliphatic heterocycles. The maximum absolute atomic E-state index is 11.1. The van der Waals surface area contributed by atoms with Crippen LogP contribution in [-0.2, 0) is 19.1 Å². The first-order chi connectivity index (χ1) is 7.06. The number of ether oxygens (including phenoxy) is 2. The molecule has 15 heavy (non-hydrogen) atoms. The minimum absolute atomic E-state index is 0.0728. The monoisotopic (exact) mass is 215 g/mol. The molecule has 2 atom stereocenters. The lowest BCUT2D eigenvalue weighted by atomic mass is 10.0. The van der Waals surface area contributed by atoms with E-state index in [-0.39, 0.29) is 6.42 Å². The van der Waals surface area contributed by atoms with Gasteiger partial charge in [-0.1, -0.05) is 12.0 Å². The van der Waals surface area contributed by atoms with Gasteiger partial charge >= 0.3 is 11.9 Å². The van der Waals surface area contributed by atoms with Crippen LogP contribution in [0.2, 0.25) is 0 Å². The highest BCUT2D eigenvalue weighted by Gasteiger charge is 2.24. The first-order valence-electron chi connectivity index (χ1n) is 4.26. The van der Waals surface area contributed by atoms with Gasteiger partial charge in [0.1, 0.15) is 6.04 Å². The van der Waals surface area contributed by atoms with Crippen molar-refractivity contribution in [3.05, 3.63) is 10.4 Å². The van der Waals surface area contributed by atoms with Gasteiger partial charge in [0, 0.05) is 4.91 Å². The third-order valence-electron chi connectivity index (χ3n) is 1.84. The zero-order chi connectivity index (χ0) is 11.8. The summed E-state index contributed by atoms with van der Waals surface area (Å²) in [6, 6.07) is -0.992. The van der Waals surface area contributed by atoms with Crippen molar-refractivity contribution in [1.82, 2.24) is 0 Å². The zero-order valence-corrected chi connectivity index (χ0v) is 8.84. The number of hydrogen-bond donors (Lipinski definition) is 0. The molecule has 0 amide bonds. The van der Waals surface area contributed by atoms with Crippen LogP contribution in [-0.4, -0.2) is 32.2 Å². The molecule has 0 saturated heterocycles. The number of carbonyl (C=O) groups excluding carboxylic acids is 2. The van der Waals surface area contributed by atoms with Crippen molar-refractivity contribution in [3.8, 4) is 0 Å². The summed E-state index contributed by atoms with van der Waals surface area (Å²) in [5.41, 5.74) is 8.22. The van der Waals surface area contributed by atoms with Crippen molar-refractivity contribution in [2.75, 3.05) is 14.2 Å². The second-order valence-electron chi connectivity index (χ2n) is 2.90. The van der Waals surface area contributed by atoms with Crippen molar-refractivity contribution in [3.63, 3.8) is 0 Å². The first-order valence-corrected chi connectivity index (χ1v) is 4.26. The van der Waals surface area contributed by atoms with Gasteiger partial charge in [-0.05, 0) is 12.0 Å². The van der Waals surface area contributed by atoms with E-state index < -0.39 is 23.9 Å². The van der Waals surface area contributed by atoms with E-state index in [1.807, 2.05) is 0 Å². The van der Waals surface area contributed by atoms with E-state index in [0.29, 0.717) is 0 Å². The largest absolute Gasteiger partial charge is 0.469 e. The van der Waals surface area contributed by atoms with Crippen molar-refractivity contribution in [1.29, 1.82) is 0 Å². The maximum atomic E-state index is 11.1. The Balaban J connectivity index is 4.47. The van der Waals surface area contributed by atoms with Crippen LogP contribution < -0.4 is 0 Å². The molecule has 0 saturated carbocycles. The van der Waals surface area contributed by atoms with Crippen LogP contribution in [0.3, 0.4) is 0 Å². The Bertz CT molecular complexity index is 286. The van der Waals surface area contributed by atoms with Gasteiger partial charge in [-0.15, -0.1) is 0 Å². The summed E-state index contributed by atoms with van der Waals surface area (Å²) in [5.74, 6) is -1.65. The van der Waals surface area contributed by atoms with Gasteiger partial charge in [0.05, 0.1) is 20.1 Å². The fraction of sp³-hybridized carbons (Fsp3) is 0.750. The maximum Gasteiger partial charge on any atom is 0.314 e. The van der Waals surface area contributed by atoms with Gasteiger partial charge in [-0.25, -0.2) is 0 Å².